The average Bonchev–Trinajstić information content (AvgIpc) is 3.71. The number of nitrogens with zero attached hydrogens (tertiary/aromatic N) is 4. The molecule has 0 spiro atoms. The number of para-hydroxylation sites is 1. The minimum absolute atomic E-state index is 0.209. The van der Waals surface area contributed by atoms with E-state index in [-0.39, 0.29) is 12.7 Å². The number of amides is 1. The number of fused-ring (bicyclic) bond motifs is 1. The lowest BCUT2D eigenvalue weighted by atomic mass is 10.2. The first kappa shape index (κ1) is 25.7. The Morgan fingerprint density at radius 1 is 1.00 bits per heavy atom. The van der Waals surface area contributed by atoms with Gasteiger partial charge in [0.1, 0.15) is 10.7 Å². The van der Waals surface area contributed by atoms with Crippen LogP contribution < -0.4 is 14.8 Å². The van der Waals surface area contributed by atoms with Crippen LogP contribution in [-0.4, -0.2) is 32.4 Å². The topological polar surface area (TPSA) is 91.2 Å². The Hall–Kier alpha value is -3.57. The standard InChI is InChI=1S/C27H19Cl2N5O3S2/c28-18-6-2-1-5-17(18)25-32-33-27(34(25)21-8-4-3-7-19(21)29)39-14-24-31-20(13-38-24)26(35)30-12-16-9-10-22-23(11-16)37-15-36-22/h1-11,13H,12,14-15H2,(H,30,35). The number of hydrogen-bond acceptors (Lipinski definition) is 8. The number of aromatic nitrogens is 4. The highest BCUT2D eigenvalue weighted by Crippen LogP contribution is 2.35. The van der Waals surface area contributed by atoms with E-state index in [2.05, 4.69) is 20.5 Å². The van der Waals surface area contributed by atoms with Crippen LogP contribution in [0.2, 0.25) is 10.0 Å². The molecule has 0 saturated heterocycles. The van der Waals surface area contributed by atoms with Crippen LogP contribution in [0.4, 0.5) is 0 Å². The average molecular weight is 597 g/mol. The molecule has 5 aromatic rings. The molecule has 0 unspecified atom stereocenters. The second-order valence-corrected chi connectivity index (χ2v) is 11.1. The number of benzene rings is 3. The SMILES string of the molecule is O=C(NCc1ccc2c(c1)OCO2)c1csc(CSc2nnc(-c3ccccc3Cl)n2-c2ccccc2Cl)n1. The van der Waals surface area contributed by atoms with E-state index < -0.39 is 0 Å². The van der Waals surface area contributed by atoms with Gasteiger partial charge in [-0.2, -0.15) is 0 Å². The summed E-state index contributed by atoms with van der Waals surface area (Å²) in [5.41, 5.74) is 2.76. The van der Waals surface area contributed by atoms with Gasteiger partial charge in [-0.05, 0) is 42.0 Å². The first-order valence-electron chi connectivity index (χ1n) is 11.8. The van der Waals surface area contributed by atoms with Gasteiger partial charge in [0, 0.05) is 17.5 Å². The number of nitrogens with one attached hydrogen (secondary N) is 1. The van der Waals surface area contributed by atoms with Gasteiger partial charge in [-0.3, -0.25) is 9.36 Å². The summed E-state index contributed by atoms with van der Waals surface area (Å²) in [5.74, 6) is 2.21. The summed E-state index contributed by atoms with van der Waals surface area (Å²) in [6.45, 7) is 0.559. The second-order valence-electron chi connectivity index (χ2n) is 8.36. The largest absolute Gasteiger partial charge is 0.454 e. The van der Waals surface area contributed by atoms with Gasteiger partial charge in [-0.25, -0.2) is 4.98 Å². The first-order valence-corrected chi connectivity index (χ1v) is 14.4. The number of thiazole rings is 1. The Balaban J connectivity index is 1.17. The van der Waals surface area contributed by atoms with Gasteiger partial charge in [0.15, 0.2) is 22.5 Å². The normalized spacial score (nSPS) is 12.1. The predicted molar refractivity (Wildman–Crippen MR) is 152 cm³/mol. The third kappa shape index (κ3) is 5.46. The molecule has 1 amide bonds. The van der Waals surface area contributed by atoms with Crippen molar-refractivity contribution in [3.8, 4) is 28.6 Å². The molecule has 3 aromatic carbocycles. The number of carbonyl (C=O) groups excluding carboxylic acids is 1. The van der Waals surface area contributed by atoms with Crippen LogP contribution in [0.25, 0.3) is 17.1 Å². The summed E-state index contributed by atoms with van der Waals surface area (Å²) in [4.78, 5) is 17.3. The van der Waals surface area contributed by atoms with Crippen LogP contribution in [0.1, 0.15) is 21.1 Å². The number of hydrogen-bond donors (Lipinski definition) is 1. The predicted octanol–water partition coefficient (Wildman–Crippen LogP) is 6.65. The zero-order valence-corrected chi connectivity index (χ0v) is 23.3. The van der Waals surface area contributed by atoms with Gasteiger partial charge < -0.3 is 14.8 Å². The third-order valence-corrected chi connectivity index (χ3v) is 8.46. The van der Waals surface area contributed by atoms with E-state index in [4.69, 9.17) is 32.7 Å². The molecule has 0 aliphatic carbocycles. The van der Waals surface area contributed by atoms with Crippen molar-refractivity contribution in [3.05, 3.63) is 98.4 Å². The van der Waals surface area contributed by atoms with Crippen molar-refractivity contribution in [2.75, 3.05) is 6.79 Å². The first-order chi connectivity index (χ1) is 19.1. The van der Waals surface area contributed by atoms with Crippen LogP contribution in [-0.2, 0) is 12.3 Å². The molecule has 0 saturated carbocycles. The molecule has 0 atom stereocenters. The monoisotopic (exact) mass is 595 g/mol. The van der Waals surface area contributed by atoms with Gasteiger partial charge in [-0.15, -0.1) is 21.5 Å². The van der Waals surface area contributed by atoms with Crippen molar-refractivity contribution in [2.45, 2.75) is 17.5 Å². The third-order valence-electron chi connectivity index (χ3n) is 5.84. The number of carbonyl (C=O) groups is 1. The van der Waals surface area contributed by atoms with E-state index in [9.17, 15) is 4.79 Å². The maximum Gasteiger partial charge on any atom is 0.271 e. The van der Waals surface area contributed by atoms with E-state index in [1.165, 1.54) is 23.1 Å². The fraction of sp³-hybridized carbons (Fsp3) is 0.111. The highest BCUT2D eigenvalue weighted by molar-refractivity contribution is 7.98. The fourth-order valence-electron chi connectivity index (χ4n) is 3.96. The van der Waals surface area contributed by atoms with Crippen LogP contribution in [0.15, 0.2) is 77.3 Å². The molecule has 3 heterocycles. The van der Waals surface area contributed by atoms with E-state index in [0.717, 1.165) is 21.8 Å². The Kier molecular flexibility index (Phi) is 7.43. The van der Waals surface area contributed by atoms with Gasteiger partial charge in [0.05, 0.1) is 21.5 Å². The van der Waals surface area contributed by atoms with Gasteiger partial charge in [-0.1, -0.05) is 65.3 Å². The number of halogens is 2. The Bertz CT molecular complexity index is 1670. The lowest BCUT2D eigenvalue weighted by molar-refractivity contribution is 0.0946. The zero-order chi connectivity index (χ0) is 26.8. The van der Waals surface area contributed by atoms with Crippen LogP contribution in [0.5, 0.6) is 11.5 Å². The molecule has 12 heteroatoms. The molecule has 1 aliphatic heterocycles. The summed E-state index contributed by atoms with van der Waals surface area (Å²) in [6.07, 6.45) is 0. The smallest absolute Gasteiger partial charge is 0.271 e. The second kappa shape index (κ2) is 11.3. The summed E-state index contributed by atoms with van der Waals surface area (Å²) < 4.78 is 12.6. The van der Waals surface area contributed by atoms with Crippen molar-refractivity contribution in [1.82, 2.24) is 25.1 Å². The lowest BCUT2D eigenvalue weighted by Crippen LogP contribution is -2.23. The fourth-order valence-corrected chi connectivity index (χ4v) is 6.14. The summed E-state index contributed by atoms with van der Waals surface area (Å²) >= 11 is 15.9. The summed E-state index contributed by atoms with van der Waals surface area (Å²) in [5, 5.41) is 16.0. The molecule has 196 valence electrons. The number of thioether (sulfide) groups is 1. The highest BCUT2D eigenvalue weighted by atomic mass is 35.5. The van der Waals surface area contributed by atoms with Crippen LogP contribution in [0, 0.1) is 0 Å². The lowest BCUT2D eigenvalue weighted by Gasteiger charge is -2.12. The molecule has 2 aromatic heterocycles. The van der Waals surface area contributed by atoms with Crippen molar-refractivity contribution in [1.29, 1.82) is 0 Å². The Morgan fingerprint density at radius 2 is 1.79 bits per heavy atom. The van der Waals surface area contributed by atoms with Gasteiger partial charge >= 0.3 is 0 Å². The maximum atomic E-state index is 12.7. The quantitative estimate of drug-likeness (QED) is 0.201. The van der Waals surface area contributed by atoms with E-state index in [0.29, 0.717) is 50.5 Å². The van der Waals surface area contributed by atoms with Gasteiger partial charge in [0.25, 0.3) is 5.91 Å². The van der Waals surface area contributed by atoms with Crippen molar-refractivity contribution >= 4 is 52.2 Å². The molecular weight excluding hydrogens is 577 g/mol. The highest BCUT2D eigenvalue weighted by Gasteiger charge is 2.21. The van der Waals surface area contributed by atoms with Crippen molar-refractivity contribution in [3.63, 3.8) is 0 Å². The van der Waals surface area contributed by atoms with Crippen molar-refractivity contribution in [2.24, 2.45) is 0 Å². The molecular formula is C27H19Cl2N5O3S2. The van der Waals surface area contributed by atoms with E-state index >= 15 is 0 Å². The van der Waals surface area contributed by atoms with Gasteiger partial charge in [0.2, 0.25) is 6.79 Å². The van der Waals surface area contributed by atoms with Crippen molar-refractivity contribution < 1.29 is 14.3 Å². The minimum atomic E-state index is -0.250. The zero-order valence-electron chi connectivity index (χ0n) is 20.1. The molecule has 39 heavy (non-hydrogen) atoms. The number of rotatable bonds is 8. The van der Waals surface area contributed by atoms with Crippen LogP contribution in [0.3, 0.4) is 0 Å². The Labute approximate surface area is 241 Å². The molecule has 0 fully saturated rings. The molecule has 0 bridgehead atoms. The van der Waals surface area contributed by atoms with Crippen LogP contribution >= 0.6 is 46.3 Å². The minimum Gasteiger partial charge on any atom is -0.454 e. The molecule has 1 aliphatic rings. The maximum absolute atomic E-state index is 12.7. The summed E-state index contributed by atoms with van der Waals surface area (Å²) in [6, 6.07) is 20.5. The Morgan fingerprint density at radius 3 is 2.64 bits per heavy atom. The van der Waals surface area contributed by atoms with E-state index in [1.807, 2.05) is 71.3 Å². The number of ether oxygens (including phenoxy) is 2. The summed E-state index contributed by atoms with van der Waals surface area (Å²) in [7, 11) is 0. The molecule has 6 rings (SSSR count). The molecule has 8 nitrogen and oxygen atoms in total. The molecule has 0 radical (unpaired) electrons. The van der Waals surface area contributed by atoms with E-state index in [1.54, 1.807) is 5.38 Å². The molecule has 1 N–H and O–H groups in total.